The van der Waals surface area contributed by atoms with Crippen molar-refractivity contribution in [3.8, 4) is 0 Å². The average Bonchev–Trinajstić information content (AvgIpc) is 3.23. The highest BCUT2D eigenvalue weighted by molar-refractivity contribution is 5.88. The van der Waals surface area contributed by atoms with Crippen molar-refractivity contribution in [1.29, 1.82) is 0 Å². The van der Waals surface area contributed by atoms with Crippen molar-refractivity contribution < 1.29 is 4.79 Å². The largest absolute Gasteiger partial charge is 0.328 e. The summed E-state index contributed by atoms with van der Waals surface area (Å²) in [6.45, 7) is 1.86. The van der Waals surface area contributed by atoms with E-state index in [2.05, 4.69) is 10.2 Å². The minimum Gasteiger partial charge on any atom is -0.328 e. The van der Waals surface area contributed by atoms with E-state index in [0.29, 0.717) is 11.3 Å². The minimum absolute atomic E-state index is 0.139. The molecule has 4 rings (SSSR count). The zero-order valence-corrected chi connectivity index (χ0v) is 10.5. The van der Waals surface area contributed by atoms with E-state index in [1.54, 1.807) is 0 Å². The van der Waals surface area contributed by atoms with Gasteiger partial charge in [0.15, 0.2) is 0 Å². The van der Waals surface area contributed by atoms with E-state index in [-0.39, 0.29) is 5.54 Å². The molecule has 1 heterocycles. The zero-order valence-electron chi connectivity index (χ0n) is 10.5. The van der Waals surface area contributed by atoms with Gasteiger partial charge in [0, 0.05) is 6.54 Å². The first-order valence-electron chi connectivity index (χ1n) is 7.29. The van der Waals surface area contributed by atoms with Crippen LogP contribution in [0.3, 0.4) is 0 Å². The van der Waals surface area contributed by atoms with Crippen LogP contribution in [0.15, 0.2) is 0 Å². The number of rotatable bonds is 3. The van der Waals surface area contributed by atoms with Gasteiger partial charge >= 0.3 is 0 Å². The van der Waals surface area contributed by atoms with Gasteiger partial charge in [-0.1, -0.05) is 12.8 Å². The number of nitrogens with zero attached hydrogens (tertiary/aromatic N) is 1. The molecule has 17 heavy (non-hydrogen) atoms. The Bertz CT molecular complexity index is 351. The molecule has 0 unspecified atom stereocenters. The molecule has 3 aliphatic carbocycles. The molecule has 1 saturated heterocycles. The highest BCUT2D eigenvalue weighted by Crippen LogP contribution is 2.61. The van der Waals surface area contributed by atoms with Crippen LogP contribution in [0, 0.1) is 11.3 Å². The highest BCUT2D eigenvalue weighted by atomic mass is 16.2. The van der Waals surface area contributed by atoms with Crippen LogP contribution in [-0.2, 0) is 4.79 Å². The number of carbonyl (C=O) groups excluding carboxylic acids is 1. The second-order valence-electron chi connectivity index (χ2n) is 6.76. The van der Waals surface area contributed by atoms with Gasteiger partial charge in [0.05, 0.1) is 12.2 Å². The van der Waals surface area contributed by atoms with Crippen LogP contribution in [0.1, 0.15) is 51.4 Å². The zero-order chi connectivity index (χ0) is 11.5. The fourth-order valence-corrected chi connectivity index (χ4v) is 4.13. The predicted octanol–water partition coefficient (Wildman–Crippen LogP) is 1.88. The summed E-state index contributed by atoms with van der Waals surface area (Å²) in [4.78, 5) is 14.7. The molecule has 0 aromatic rings. The van der Waals surface area contributed by atoms with Crippen LogP contribution in [0.25, 0.3) is 0 Å². The summed E-state index contributed by atoms with van der Waals surface area (Å²) in [5.41, 5.74) is 0.418. The van der Waals surface area contributed by atoms with Gasteiger partial charge in [-0.2, -0.15) is 0 Å². The fourth-order valence-electron chi connectivity index (χ4n) is 4.13. The first-order valence-corrected chi connectivity index (χ1v) is 7.29. The van der Waals surface area contributed by atoms with Crippen molar-refractivity contribution in [3.05, 3.63) is 0 Å². The normalized spacial score (nSPS) is 33.6. The first kappa shape index (κ1) is 10.4. The minimum atomic E-state index is -0.139. The Balaban J connectivity index is 1.47. The molecule has 3 heteroatoms. The van der Waals surface area contributed by atoms with E-state index in [1.165, 1.54) is 38.5 Å². The molecule has 94 valence electrons. The molecule has 0 atom stereocenters. The molecule has 0 radical (unpaired) electrons. The van der Waals surface area contributed by atoms with Crippen LogP contribution >= 0.6 is 0 Å². The van der Waals surface area contributed by atoms with Gasteiger partial charge < -0.3 is 4.90 Å². The Labute approximate surface area is 103 Å². The second-order valence-corrected chi connectivity index (χ2v) is 6.76. The summed E-state index contributed by atoms with van der Waals surface area (Å²) < 4.78 is 0. The van der Waals surface area contributed by atoms with E-state index in [9.17, 15) is 4.79 Å². The number of amides is 1. The van der Waals surface area contributed by atoms with Crippen LogP contribution in [-0.4, -0.2) is 29.6 Å². The molecule has 0 bridgehead atoms. The molecule has 3 nitrogen and oxygen atoms in total. The van der Waals surface area contributed by atoms with Gasteiger partial charge in [0.2, 0.25) is 5.91 Å². The standard InChI is InChI=1S/C14H22N2O/c17-12-14(5-1-2-6-14)15-10-16(12)9-13(7-8-13)11-3-4-11/h11,15H,1-10H2. The van der Waals surface area contributed by atoms with E-state index in [4.69, 9.17) is 0 Å². The molecule has 1 aliphatic heterocycles. The van der Waals surface area contributed by atoms with Crippen molar-refractivity contribution >= 4 is 5.91 Å². The van der Waals surface area contributed by atoms with Crippen LogP contribution in [0.5, 0.6) is 0 Å². The maximum atomic E-state index is 12.5. The molecule has 3 saturated carbocycles. The fraction of sp³-hybridized carbons (Fsp3) is 0.929. The lowest BCUT2D eigenvalue weighted by Gasteiger charge is -2.25. The van der Waals surface area contributed by atoms with E-state index in [1.807, 2.05) is 0 Å². The van der Waals surface area contributed by atoms with Crippen molar-refractivity contribution in [2.75, 3.05) is 13.2 Å². The van der Waals surface area contributed by atoms with E-state index >= 15 is 0 Å². The Morgan fingerprint density at radius 3 is 2.47 bits per heavy atom. The molecule has 1 N–H and O–H groups in total. The highest BCUT2D eigenvalue weighted by Gasteiger charge is 2.57. The lowest BCUT2D eigenvalue weighted by molar-refractivity contribution is -0.133. The van der Waals surface area contributed by atoms with Gasteiger partial charge in [-0.25, -0.2) is 0 Å². The van der Waals surface area contributed by atoms with Gasteiger partial charge in [0.1, 0.15) is 0 Å². The number of nitrogens with one attached hydrogen (secondary N) is 1. The van der Waals surface area contributed by atoms with Crippen molar-refractivity contribution in [2.45, 2.75) is 56.9 Å². The summed E-state index contributed by atoms with van der Waals surface area (Å²) in [7, 11) is 0. The number of hydrogen-bond donors (Lipinski definition) is 1. The summed E-state index contributed by atoms with van der Waals surface area (Å²) in [6.07, 6.45) is 10.2. The topological polar surface area (TPSA) is 32.3 Å². The van der Waals surface area contributed by atoms with E-state index in [0.717, 1.165) is 32.0 Å². The Hall–Kier alpha value is -0.570. The average molecular weight is 234 g/mol. The maximum Gasteiger partial charge on any atom is 0.243 e. The summed E-state index contributed by atoms with van der Waals surface area (Å²) in [6, 6.07) is 0. The van der Waals surface area contributed by atoms with Gasteiger partial charge in [0.25, 0.3) is 0 Å². The maximum absolute atomic E-state index is 12.5. The number of carbonyl (C=O) groups is 1. The number of hydrogen-bond acceptors (Lipinski definition) is 2. The van der Waals surface area contributed by atoms with Crippen LogP contribution < -0.4 is 5.32 Å². The Morgan fingerprint density at radius 1 is 1.18 bits per heavy atom. The monoisotopic (exact) mass is 234 g/mol. The molecular weight excluding hydrogens is 212 g/mol. The molecule has 4 fully saturated rings. The van der Waals surface area contributed by atoms with Gasteiger partial charge in [-0.15, -0.1) is 0 Å². The Morgan fingerprint density at radius 2 is 1.88 bits per heavy atom. The third kappa shape index (κ3) is 1.48. The smallest absolute Gasteiger partial charge is 0.243 e. The molecule has 1 amide bonds. The third-order valence-electron chi connectivity index (χ3n) is 5.60. The Kier molecular flexibility index (Phi) is 1.98. The lowest BCUT2D eigenvalue weighted by atomic mass is 9.96. The van der Waals surface area contributed by atoms with E-state index < -0.39 is 0 Å². The lowest BCUT2D eigenvalue weighted by Crippen LogP contribution is -2.44. The van der Waals surface area contributed by atoms with Crippen molar-refractivity contribution in [1.82, 2.24) is 10.2 Å². The predicted molar refractivity (Wildman–Crippen MR) is 65.3 cm³/mol. The molecule has 0 aromatic carbocycles. The summed E-state index contributed by atoms with van der Waals surface area (Å²) in [5, 5.41) is 3.52. The third-order valence-corrected chi connectivity index (χ3v) is 5.60. The van der Waals surface area contributed by atoms with Gasteiger partial charge in [-0.05, 0) is 49.9 Å². The van der Waals surface area contributed by atoms with Crippen LogP contribution in [0.2, 0.25) is 0 Å². The SMILES string of the molecule is O=C1N(CC2(C3CC3)CC2)CNC12CCCC2. The first-order chi connectivity index (χ1) is 8.24. The molecule has 1 spiro atoms. The summed E-state index contributed by atoms with van der Waals surface area (Å²) >= 11 is 0. The molecule has 0 aromatic heterocycles. The second kappa shape index (κ2) is 3.25. The van der Waals surface area contributed by atoms with Crippen molar-refractivity contribution in [2.24, 2.45) is 11.3 Å². The molecule has 4 aliphatic rings. The summed E-state index contributed by atoms with van der Waals surface area (Å²) in [5.74, 6) is 1.37. The van der Waals surface area contributed by atoms with Crippen molar-refractivity contribution in [3.63, 3.8) is 0 Å². The van der Waals surface area contributed by atoms with Crippen LogP contribution in [0.4, 0.5) is 0 Å². The molecular formula is C14H22N2O. The van der Waals surface area contributed by atoms with Gasteiger partial charge in [-0.3, -0.25) is 10.1 Å². The quantitative estimate of drug-likeness (QED) is 0.808.